The molecule has 0 spiro atoms. The maximum absolute atomic E-state index is 13.3. The van der Waals surface area contributed by atoms with Gasteiger partial charge in [0.1, 0.15) is 23.5 Å². The molecule has 2 aliphatic rings. The minimum Gasteiger partial charge on any atom is -0.489 e. The molecule has 1 N–H and O–H groups in total. The first kappa shape index (κ1) is 32.5. The molecular formula is C33H45ClN4O5. The van der Waals surface area contributed by atoms with Gasteiger partial charge in [-0.25, -0.2) is 4.79 Å². The number of aryl methyl sites for hydroxylation is 1. The van der Waals surface area contributed by atoms with Crippen LogP contribution >= 0.6 is 11.6 Å². The van der Waals surface area contributed by atoms with Gasteiger partial charge in [-0.15, -0.1) is 0 Å². The van der Waals surface area contributed by atoms with E-state index < -0.39 is 17.7 Å². The van der Waals surface area contributed by atoms with Crippen molar-refractivity contribution >= 4 is 40.9 Å². The second-order valence-electron chi connectivity index (χ2n) is 12.5. The molecule has 0 bridgehead atoms. The number of ether oxygens (including phenoxy) is 2. The summed E-state index contributed by atoms with van der Waals surface area (Å²) in [6.07, 6.45) is 3.75. The number of nitrogens with one attached hydrogen (secondary N) is 1. The Morgan fingerprint density at radius 1 is 1.02 bits per heavy atom. The highest BCUT2D eigenvalue weighted by Crippen LogP contribution is 2.32. The smallest absolute Gasteiger partial charge is 0.410 e. The van der Waals surface area contributed by atoms with Crippen LogP contribution in [-0.4, -0.2) is 78.7 Å². The zero-order chi connectivity index (χ0) is 31.1. The maximum Gasteiger partial charge on any atom is 0.410 e. The molecule has 2 aromatic carbocycles. The monoisotopic (exact) mass is 612 g/mol. The van der Waals surface area contributed by atoms with Crippen LogP contribution in [0.25, 0.3) is 0 Å². The number of para-hydroxylation sites is 1. The lowest BCUT2D eigenvalue weighted by Gasteiger charge is -2.35. The zero-order valence-electron chi connectivity index (χ0n) is 26.0. The summed E-state index contributed by atoms with van der Waals surface area (Å²) in [4.78, 5) is 44.1. The third kappa shape index (κ3) is 9.02. The summed E-state index contributed by atoms with van der Waals surface area (Å²) >= 11 is 6.59. The number of hydrogen-bond acceptors (Lipinski definition) is 6. The summed E-state index contributed by atoms with van der Waals surface area (Å²) < 4.78 is 11.6. The van der Waals surface area contributed by atoms with E-state index in [0.29, 0.717) is 29.4 Å². The molecule has 234 valence electrons. The molecule has 0 unspecified atom stereocenters. The maximum atomic E-state index is 13.3. The third-order valence-corrected chi connectivity index (χ3v) is 8.18. The zero-order valence-corrected chi connectivity index (χ0v) is 26.8. The number of anilines is 2. The van der Waals surface area contributed by atoms with Crippen LogP contribution in [0.1, 0.15) is 64.9 Å². The van der Waals surface area contributed by atoms with Crippen molar-refractivity contribution in [3.05, 3.63) is 53.1 Å². The van der Waals surface area contributed by atoms with E-state index in [4.69, 9.17) is 21.1 Å². The van der Waals surface area contributed by atoms with Crippen LogP contribution in [0.5, 0.6) is 5.75 Å². The number of rotatable bonds is 8. The normalized spacial score (nSPS) is 17.8. The quantitative estimate of drug-likeness (QED) is 0.378. The molecule has 43 heavy (non-hydrogen) atoms. The van der Waals surface area contributed by atoms with Crippen LogP contribution < -0.4 is 15.0 Å². The Hall–Kier alpha value is -3.46. The minimum atomic E-state index is -0.613. The van der Waals surface area contributed by atoms with Gasteiger partial charge in [-0.2, -0.15) is 0 Å². The number of nitrogens with zero attached hydrogens (tertiary/aromatic N) is 3. The molecule has 2 saturated heterocycles. The van der Waals surface area contributed by atoms with E-state index in [1.165, 1.54) is 16.2 Å². The Bertz CT molecular complexity index is 1290. The van der Waals surface area contributed by atoms with Crippen LogP contribution in [0.15, 0.2) is 42.5 Å². The van der Waals surface area contributed by atoms with Crippen molar-refractivity contribution in [2.24, 2.45) is 0 Å². The Labute approximate surface area is 260 Å². The SMILES string of the molecule is Cc1ccccc1N1CCC(Oc2ccc(NC(=O)[C@H]3CCCCN3C(=O)CCN(C)C(=O)OC(C)(C)C)cc2Cl)CC1. The second-order valence-corrected chi connectivity index (χ2v) is 12.9. The lowest BCUT2D eigenvalue weighted by atomic mass is 10.0. The first-order chi connectivity index (χ1) is 20.4. The average Bonchev–Trinajstić information content (AvgIpc) is 2.97. The van der Waals surface area contributed by atoms with Crippen molar-refractivity contribution in [3.8, 4) is 5.75 Å². The molecule has 4 rings (SSSR count). The van der Waals surface area contributed by atoms with Crippen molar-refractivity contribution in [1.29, 1.82) is 0 Å². The van der Waals surface area contributed by atoms with E-state index in [2.05, 4.69) is 41.4 Å². The van der Waals surface area contributed by atoms with Gasteiger partial charge < -0.3 is 29.5 Å². The highest BCUT2D eigenvalue weighted by molar-refractivity contribution is 6.32. The molecule has 3 amide bonds. The molecule has 2 aromatic rings. The second kappa shape index (κ2) is 14.3. The van der Waals surface area contributed by atoms with Gasteiger partial charge in [0.05, 0.1) is 5.02 Å². The Kier molecular flexibility index (Phi) is 10.8. The number of likely N-dealkylation sites (tertiary alicyclic amines) is 1. The summed E-state index contributed by atoms with van der Waals surface area (Å²) in [5.41, 5.74) is 2.48. The Balaban J connectivity index is 1.29. The molecule has 0 aromatic heterocycles. The van der Waals surface area contributed by atoms with E-state index in [-0.39, 0.29) is 30.9 Å². The lowest BCUT2D eigenvalue weighted by Crippen LogP contribution is -2.50. The summed E-state index contributed by atoms with van der Waals surface area (Å²) in [5.74, 6) is 0.185. The van der Waals surface area contributed by atoms with Crippen LogP contribution in [0.3, 0.4) is 0 Å². The lowest BCUT2D eigenvalue weighted by molar-refractivity contribution is -0.140. The fourth-order valence-electron chi connectivity index (χ4n) is 5.55. The highest BCUT2D eigenvalue weighted by atomic mass is 35.5. The number of hydrogen-bond donors (Lipinski definition) is 1. The van der Waals surface area contributed by atoms with Crippen LogP contribution in [0, 0.1) is 6.92 Å². The number of carbonyl (C=O) groups is 3. The van der Waals surface area contributed by atoms with Gasteiger partial charge in [0.2, 0.25) is 11.8 Å². The standard InChI is InChI=1S/C33H45ClN4O5/c1-23-10-6-7-11-27(23)37-20-15-25(16-21-37)42-29-14-13-24(22-26(29)34)35-31(40)28-12-8-9-18-38(28)30(39)17-19-36(5)32(41)43-33(2,3)4/h6-7,10-11,13-14,22,25,28H,8-9,12,15-21H2,1-5H3,(H,35,40)/t28-/m1/s1. The van der Waals surface area contributed by atoms with Crippen molar-refractivity contribution in [2.45, 2.75) is 84.0 Å². The van der Waals surface area contributed by atoms with E-state index in [9.17, 15) is 14.4 Å². The van der Waals surface area contributed by atoms with Gasteiger partial charge in [-0.05, 0) is 76.8 Å². The molecule has 0 aliphatic carbocycles. The molecule has 2 fully saturated rings. The Morgan fingerprint density at radius 2 is 1.74 bits per heavy atom. The molecule has 1 atom stereocenters. The predicted octanol–water partition coefficient (Wildman–Crippen LogP) is 6.27. The molecular weight excluding hydrogens is 568 g/mol. The van der Waals surface area contributed by atoms with E-state index >= 15 is 0 Å². The summed E-state index contributed by atoms with van der Waals surface area (Å²) in [5, 5.41) is 3.37. The van der Waals surface area contributed by atoms with Gasteiger partial charge in [-0.3, -0.25) is 9.59 Å². The van der Waals surface area contributed by atoms with E-state index in [1.54, 1.807) is 50.9 Å². The molecule has 9 nitrogen and oxygen atoms in total. The van der Waals surface area contributed by atoms with Crippen LogP contribution in [-0.2, 0) is 14.3 Å². The van der Waals surface area contributed by atoms with Gasteiger partial charge in [-0.1, -0.05) is 29.8 Å². The first-order valence-electron chi connectivity index (χ1n) is 15.2. The number of halogens is 1. The number of carbonyl (C=O) groups excluding carboxylic acids is 3. The van der Waals surface area contributed by atoms with Crippen LogP contribution in [0.2, 0.25) is 5.02 Å². The van der Waals surface area contributed by atoms with Crippen molar-refractivity contribution < 1.29 is 23.9 Å². The first-order valence-corrected chi connectivity index (χ1v) is 15.6. The molecule has 2 aliphatic heterocycles. The molecule has 0 radical (unpaired) electrons. The number of amides is 3. The molecule has 10 heteroatoms. The fourth-order valence-corrected chi connectivity index (χ4v) is 5.78. The molecule has 2 heterocycles. The van der Waals surface area contributed by atoms with Crippen molar-refractivity contribution in [1.82, 2.24) is 9.80 Å². The average molecular weight is 613 g/mol. The van der Waals surface area contributed by atoms with Gasteiger partial charge >= 0.3 is 6.09 Å². The van der Waals surface area contributed by atoms with E-state index in [1.807, 2.05) is 0 Å². The van der Waals surface area contributed by atoms with Gasteiger partial charge in [0.25, 0.3) is 0 Å². The highest BCUT2D eigenvalue weighted by Gasteiger charge is 2.32. The summed E-state index contributed by atoms with van der Waals surface area (Å²) in [6, 6.07) is 13.1. The van der Waals surface area contributed by atoms with E-state index in [0.717, 1.165) is 38.8 Å². The number of benzene rings is 2. The topological polar surface area (TPSA) is 91.4 Å². The third-order valence-electron chi connectivity index (χ3n) is 7.88. The van der Waals surface area contributed by atoms with Crippen molar-refractivity contribution in [3.63, 3.8) is 0 Å². The molecule has 0 saturated carbocycles. The summed E-state index contributed by atoms with van der Waals surface area (Å²) in [6.45, 7) is 10.1. The largest absolute Gasteiger partial charge is 0.489 e. The van der Waals surface area contributed by atoms with Crippen molar-refractivity contribution in [2.75, 3.05) is 43.4 Å². The summed E-state index contributed by atoms with van der Waals surface area (Å²) in [7, 11) is 1.60. The van der Waals surface area contributed by atoms with Crippen LogP contribution in [0.4, 0.5) is 16.2 Å². The fraction of sp³-hybridized carbons (Fsp3) is 0.545. The van der Waals surface area contributed by atoms with Gasteiger partial charge in [0, 0.05) is 63.9 Å². The number of piperidine rings is 2. The Morgan fingerprint density at radius 3 is 2.42 bits per heavy atom. The van der Waals surface area contributed by atoms with Gasteiger partial charge in [0.15, 0.2) is 0 Å². The predicted molar refractivity (Wildman–Crippen MR) is 170 cm³/mol. The minimum absolute atomic E-state index is 0.0642.